The Hall–Kier alpha value is -1.51. The van der Waals surface area contributed by atoms with Gasteiger partial charge in [0.2, 0.25) is 0 Å². The van der Waals surface area contributed by atoms with Crippen molar-refractivity contribution in [3.05, 3.63) is 24.5 Å². The molecule has 1 aromatic carbocycles. The first-order valence-electron chi connectivity index (χ1n) is 6.34. The van der Waals surface area contributed by atoms with Gasteiger partial charge in [0, 0.05) is 11.7 Å². The molecule has 0 aliphatic heterocycles. The van der Waals surface area contributed by atoms with E-state index in [1.165, 1.54) is 18.4 Å². The summed E-state index contributed by atoms with van der Waals surface area (Å²) in [6.45, 7) is 6.79. The maximum absolute atomic E-state index is 5.76. The summed E-state index contributed by atoms with van der Waals surface area (Å²) in [5, 5.41) is 0. The van der Waals surface area contributed by atoms with Crippen LogP contribution in [0.15, 0.2) is 24.5 Å². The van der Waals surface area contributed by atoms with Gasteiger partial charge in [0.25, 0.3) is 0 Å². The van der Waals surface area contributed by atoms with Gasteiger partial charge in [0.05, 0.1) is 17.4 Å². The molecule has 0 saturated carbocycles. The molecule has 0 radical (unpaired) electrons. The van der Waals surface area contributed by atoms with E-state index in [0.29, 0.717) is 6.04 Å². The highest BCUT2D eigenvalue weighted by Gasteiger charge is 2.12. The molecule has 3 heteroatoms. The number of imidazole rings is 1. The molecule has 0 fully saturated rings. The van der Waals surface area contributed by atoms with Crippen molar-refractivity contribution in [2.45, 2.75) is 39.7 Å². The molecule has 0 aliphatic rings. The summed E-state index contributed by atoms with van der Waals surface area (Å²) in [5.74, 6) is 0.747. The monoisotopic (exact) mass is 231 g/mol. The highest BCUT2D eigenvalue weighted by molar-refractivity contribution is 5.79. The molecule has 0 bridgehead atoms. The summed E-state index contributed by atoms with van der Waals surface area (Å²) >= 11 is 0. The predicted molar refractivity (Wildman–Crippen MR) is 72.9 cm³/mol. The number of benzene rings is 1. The number of fused-ring (bicyclic) bond motifs is 1. The van der Waals surface area contributed by atoms with Gasteiger partial charge in [-0.25, -0.2) is 4.98 Å². The summed E-state index contributed by atoms with van der Waals surface area (Å²) in [6, 6.07) is 6.42. The Labute approximate surface area is 103 Å². The van der Waals surface area contributed by atoms with Crippen molar-refractivity contribution in [2.75, 3.05) is 5.73 Å². The largest absolute Gasteiger partial charge is 0.399 e. The number of nitrogens with two attached hydrogens (primary N) is 1. The van der Waals surface area contributed by atoms with Crippen molar-refractivity contribution in [3.63, 3.8) is 0 Å². The zero-order valence-electron chi connectivity index (χ0n) is 10.9. The molecule has 2 atom stereocenters. The number of hydrogen-bond donors (Lipinski definition) is 1. The smallest absolute Gasteiger partial charge is 0.0960 e. The molecule has 0 saturated heterocycles. The van der Waals surface area contributed by atoms with Gasteiger partial charge in [-0.15, -0.1) is 0 Å². The Morgan fingerprint density at radius 3 is 2.82 bits per heavy atom. The lowest BCUT2D eigenvalue weighted by atomic mass is 10.0. The molecule has 0 aliphatic carbocycles. The topological polar surface area (TPSA) is 43.8 Å². The van der Waals surface area contributed by atoms with Gasteiger partial charge >= 0.3 is 0 Å². The summed E-state index contributed by atoms with van der Waals surface area (Å²) in [6.07, 6.45) is 4.34. The number of hydrogen-bond acceptors (Lipinski definition) is 2. The van der Waals surface area contributed by atoms with Crippen LogP contribution >= 0.6 is 0 Å². The quantitative estimate of drug-likeness (QED) is 0.817. The lowest BCUT2D eigenvalue weighted by Gasteiger charge is -2.18. The van der Waals surface area contributed by atoms with Gasteiger partial charge in [-0.05, 0) is 37.5 Å². The van der Waals surface area contributed by atoms with Crippen LogP contribution in [-0.4, -0.2) is 9.55 Å². The molecule has 2 N–H and O–H groups in total. The molecule has 0 spiro atoms. The average molecular weight is 231 g/mol. The minimum absolute atomic E-state index is 0.485. The van der Waals surface area contributed by atoms with Crippen molar-refractivity contribution >= 4 is 16.7 Å². The first-order chi connectivity index (χ1) is 8.11. The molecule has 2 aromatic rings. The zero-order valence-corrected chi connectivity index (χ0v) is 10.9. The third kappa shape index (κ3) is 2.43. The normalized spacial score (nSPS) is 15.0. The van der Waals surface area contributed by atoms with Crippen molar-refractivity contribution in [2.24, 2.45) is 5.92 Å². The fourth-order valence-corrected chi connectivity index (χ4v) is 2.26. The molecule has 1 aromatic heterocycles. The third-order valence-electron chi connectivity index (χ3n) is 3.51. The van der Waals surface area contributed by atoms with Crippen molar-refractivity contribution in [1.29, 1.82) is 0 Å². The van der Waals surface area contributed by atoms with E-state index in [1.807, 2.05) is 18.5 Å². The number of nitrogen functional groups attached to an aromatic ring is 1. The van der Waals surface area contributed by atoms with Gasteiger partial charge < -0.3 is 10.3 Å². The van der Waals surface area contributed by atoms with Crippen LogP contribution in [0.5, 0.6) is 0 Å². The van der Waals surface area contributed by atoms with Gasteiger partial charge in [-0.1, -0.05) is 20.3 Å². The summed E-state index contributed by atoms with van der Waals surface area (Å²) in [4.78, 5) is 4.42. The first-order valence-corrected chi connectivity index (χ1v) is 6.34. The van der Waals surface area contributed by atoms with Crippen LogP contribution in [0.25, 0.3) is 11.0 Å². The maximum Gasteiger partial charge on any atom is 0.0960 e. The standard InChI is InChI=1S/C14H21N3/c1-4-10(2)7-11(3)17-9-16-13-8-12(15)5-6-14(13)17/h5-6,8-11H,4,7,15H2,1-3H3. The van der Waals surface area contributed by atoms with Crippen LogP contribution in [-0.2, 0) is 0 Å². The van der Waals surface area contributed by atoms with E-state index in [2.05, 4.69) is 36.4 Å². The number of aromatic nitrogens is 2. The first kappa shape index (κ1) is 12.0. The Balaban J connectivity index is 2.29. The van der Waals surface area contributed by atoms with Crippen LogP contribution in [0.3, 0.4) is 0 Å². The van der Waals surface area contributed by atoms with Crippen molar-refractivity contribution < 1.29 is 0 Å². The van der Waals surface area contributed by atoms with E-state index >= 15 is 0 Å². The molecule has 17 heavy (non-hydrogen) atoms. The van der Waals surface area contributed by atoms with E-state index in [0.717, 1.165) is 17.1 Å². The summed E-state index contributed by atoms with van der Waals surface area (Å²) < 4.78 is 2.25. The van der Waals surface area contributed by atoms with Gasteiger partial charge in [-0.2, -0.15) is 0 Å². The van der Waals surface area contributed by atoms with Crippen LogP contribution in [0, 0.1) is 5.92 Å². The Kier molecular flexibility index (Phi) is 3.36. The average Bonchev–Trinajstić information content (AvgIpc) is 2.71. The highest BCUT2D eigenvalue weighted by atomic mass is 15.1. The van der Waals surface area contributed by atoms with Gasteiger partial charge in [0.1, 0.15) is 0 Å². The van der Waals surface area contributed by atoms with E-state index < -0.39 is 0 Å². The van der Waals surface area contributed by atoms with Crippen LogP contribution in [0.2, 0.25) is 0 Å². The Bertz CT molecular complexity index is 501. The minimum atomic E-state index is 0.485. The van der Waals surface area contributed by atoms with E-state index in [-0.39, 0.29) is 0 Å². The lowest BCUT2D eigenvalue weighted by molar-refractivity contribution is 0.404. The molecule has 92 valence electrons. The molecule has 2 rings (SSSR count). The fourth-order valence-electron chi connectivity index (χ4n) is 2.26. The van der Waals surface area contributed by atoms with Crippen LogP contribution in [0.4, 0.5) is 5.69 Å². The minimum Gasteiger partial charge on any atom is -0.399 e. The molecule has 0 amide bonds. The molecular weight excluding hydrogens is 210 g/mol. The Morgan fingerprint density at radius 1 is 1.35 bits per heavy atom. The SMILES string of the molecule is CCC(C)CC(C)n1cnc2cc(N)ccc21. The second-order valence-corrected chi connectivity index (χ2v) is 5.00. The molecule has 1 heterocycles. The number of anilines is 1. The number of rotatable bonds is 4. The fraction of sp³-hybridized carbons (Fsp3) is 0.500. The summed E-state index contributed by atoms with van der Waals surface area (Å²) in [5.41, 5.74) is 8.70. The summed E-state index contributed by atoms with van der Waals surface area (Å²) in [7, 11) is 0. The molecular formula is C14H21N3. The molecule has 3 nitrogen and oxygen atoms in total. The van der Waals surface area contributed by atoms with Gasteiger partial charge in [0.15, 0.2) is 0 Å². The zero-order chi connectivity index (χ0) is 12.4. The second kappa shape index (κ2) is 4.78. The third-order valence-corrected chi connectivity index (χ3v) is 3.51. The van der Waals surface area contributed by atoms with E-state index in [1.54, 1.807) is 0 Å². The van der Waals surface area contributed by atoms with E-state index in [4.69, 9.17) is 5.73 Å². The molecule has 2 unspecified atom stereocenters. The second-order valence-electron chi connectivity index (χ2n) is 5.00. The van der Waals surface area contributed by atoms with Crippen LogP contribution < -0.4 is 5.73 Å². The number of nitrogens with zero attached hydrogens (tertiary/aromatic N) is 2. The maximum atomic E-state index is 5.76. The van der Waals surface area contributed by atoms with E-state index in [9.17, 15) is 0 Å². The highest BCUT2D eigenvalue weighted by Crippen LogP contribution is 2.24. The van der Waals surface area contributed by atoms with Gasteiger partial charge in [-0.3, -0.25) is 0 Å². The van der Waals surface area contributed by atoms with Crippen molar-refractivity contribution in [1.82, 2.24) is 9.55 Å². The Morgan fingerprint density at radius 2 is 2.12 bits per heavy atom. The van der Waals surface area contributed by atoms with Crippen molar-refractivity contribution in [3.8, 4) is 0 Å². The lowest BCUT2D eigenvalue weighted by Crippen LogP contribution is -2.08. The van der Waals surface area contributed by atoms with Crippen LogP contribution in [0.1, 0.15) is 39.7 Å². The predicted octanol–water partition coefficient (Wildman–Crippen LogP) is 3.62.